The molecule has 116 valence electrons. The summed E-state index contributed by atoms with van der Waals surface area (Å²) in [4.78, 5) is 24.5. The molecule has 1 N–H and O–H groups in total. The fraction of sp³-hybridized carbons (Fsp3) is 0.538. The molecule has 1 aliphatic heterocycles. The summed E-state index contributed by atoms with van der Waals surface area (Å²) in [5.74, 6) is -0.987. The van der Waals surface area contributed by atoms with Crippen LogP contribution in [0.15, 0.2) is 6.07 Å². The van der Waals surface area contributed by atoms with Gasteiger partial charge in [0.1, 0.15) is 4.34 Å². The minimum absolute atomic E-state index is 0.00214. The number of likely N-dealkylation sites (tertiary alicyclic amines) is 1. The Morgan fingerprint density at radius 3 is 2.57 bits per heavy atom. The molecule has 2 heterocycles. The van der Waals surface area contributed by atoms with Crippen molar-refractivity contribution in [2.75, 3.05) is 19.7 Å². The van der Waals surface area contributed by atoms with Crippen LogP contribution in [0.1, 0.15) is 29.6 Å². The molecular formula is C13H15Cl2NO4S. The van der Waals surface area contributed by atoms with E-state index in [9.17, 15) is 9.59 Å². The maximum Gasteiger partial charge on any atom is 0.305 e. The van der Waals surface area contributed by atoms with Crippen molar-refractivity contribution in [2.24, 2.45) is 0 Å². The third-order valence-corrected chi connectivity index (χ3v) is 4.77. The first-order valence-corrected chi connectivity index (χ1v) is 8.12. The molecule has 1 amide bonds. The topological polar surface area (TPSA) is 66.8 Å². The predicted octanol–water partition coefficient (Wildman–Crippen LogP) is 3.15. The van der Waals surface area contributed by atoms with E-state index in [1.54, 1.807) is 11.0 Å². The first kappa shape index (κ1) is 16.5. The number of aliphatic carboxylic acids is 1. The van der Waals surface area contributed by atoms with Crippen molar-refractivity contribution in [3.8, 4) is 0 Å². The van der Waals surface area contributed by atoms with Crippen molar-refractivity contribution in [2.45, 2.75) is 25.4 Å². The second kappa shape index (κ2) is 7.45. The Hall–Kier alpha value is -0.820. The van der Waals surface area contributed by atoms with Crippen LogP contribution in [-0.4, -0.2) is 47.7 Å². The number of carbonyl (C=O) groups excluding carboxylic acids is 1. The Labute approximate surface area is 136 Å². The standard InChI is InChI=1S/C13H15Cl2NO4S/c14-10-7-9(12(15)21-10)13(19)16-4-1-8(2-5-16)20-6-3-11(17)18/h7-8H,1-6H2,(H,17,18). The molecule has 0 aliphatic carbocycles. The van der Waals surface area contributed by atoms with E-state index >= 15 is 0 Å². The van der Waals surface area contributed by atoms with Gasteiger partial charge >= 0.3 is 5.97 Å². The lowest BCUT2D eigenvalue weighted by Gasteiger charge is -2.31. The third-order valence-electron chi connectivity index (χ3n) is 3.29. The van der Waals surface area contributed by atoms with Gasteiger partial charge in [-0.25, -0.2) is 0 Å². The van der Waals surface area contributed by atoms with Crippen LogP contribution < -0.4 is 0 Å². The fourth-order valence-electron chi connectivity index (χ4n) is 2.19. The Morgan fingerprint density at radius 1 is 1.38 bits per heavy atom. The van der Waals surface area contributed by atoms with Gasteiger partial charge in [0.05, 0.1) is 29.0 Å². The smallest absolute Gasteiger partial charge is 0.305 e. The lowest BCUT2D eigenvalue weighted by atomic mass is 10.1. The molecule has 5 nitrogen and oxygen atoms in total. The van der Waals surface area contributed by atoms with Crippen LogP contribution in [0.5, 0.6) is 0 Å². The van der Waals surface area contributed by atoms with Gasteiger partial charge in [0.15, 0.2) is 0 Å². The maximum atomic E-state index is 12.3. The van der Waals surface area contributed by atoms with Crippen molar-refractivity contribution in [1.29, 1.82) is 0 Å². The number of piperidine rings is 1. The summed E-state index contributed by atoms with van der Waals surface area (Å²) in [6.45, 7) is 1.35. The minimum atomic E-state index is -0.869. The molecular weight excluding hydrogens is 337 g/mol. The van der Waals surface area contributed by atoms with Gasteiger partial charge in [-0.3, -0.25) is 9.59 Å². The minimum Gasteiger partial charge on any atom is -0.481 e. The van der Waals surface area contributed by atoms with Crippen LogP contribution >= 0.6 is 34.5 Å². The maximum absolute atomic E-state index is 12.3. The summed E-state index contributed by atoms with van der Waals surface area (Å²) >= 11 is 13.0. The van der Waals surface area contributed by atoms with Gasteiger partial charge in [0.25, 0.3) is 5.91 Å². The molecule has 0 unspecified atom stereocenters. The Kier molecular flexibility index (Phi) is 5.87. The molecule has 0 bridgehead atoms. The highest BCUT2D eigenvalue weighted by atomic mass is 35.5. The fourth-order valence-corrected chi connectivity index (χ4v) is 3.64. The van der Waals surface area contributed by atoms with Gasteiger partial charge in [-0.15, -0.1) is 11.3 Å². The van der Waals surface area contributed by atoms with Gasteiger partial charge in [-0.2, -0.15) is 0 Å². The van der Waals surface area contributed by atoms with E-state index in [4.69, 9.17) is 33.0 Å². The molecule has 2 rings (SSSR count). The number of amides is 1. The number of rotatable bonds is 5. The SMILES string of the molecule is O=C(O)CCOC1CCN(C(=O)c2cc(Cl)sc2Cl)CC1. The quantitative estimate of drug-likeness (QED) is 0.884. The van der Waals surface area contributed by atoms with Crippen LogP contribution in [-0.2, 0) is 9.53 Å². The number of hydrogen-bond donors (Lipinski definition) is 1. The predicted molar refractivity (Wildman–Crippen MR) is 81.5 cm³/mol. The highest BCUT2D eigenvalue weighted by Crippen LogP contribution is 2.32. The van der Waals surface area contributed by atoms with Crippen LogP contribution in [0.25, 0.3) is 0 Å². The van der Waals surface area contributed by atoms with E-state index in [2.05, 4.69) is 0 Å². The van der Waals surface area contributed by atoms with Crippen LogP contribution in [0, 0.1) is 0 Å². The second-order valence-corrected chi connectivity index (χ2v) is 7.03. The lowest BCUT2D eigenvalue weighted by molar-refractivity contribution is -0.138. The summed E-state index contributed by atoms with van der Waals surface area (Å²) in [6.07, 6.45) is 1.40. The van der Waals surface area contributed by atoms with Crippen molar-refractivity contribution >= 4 is 46.4 Å². The number of carboxylic acids is 1. The molecule has 1 fully saturated rings. The molecule has 0 radical (unpaired) electrons. The van der Waals surface area contributed by atoms with Crippen molar-refractivity contribution in [3.63, 3.8) is 0 Å². The zero-order valence-corrected chi connectivity index (χ0v) is 13.5. The summed E-state index contributed by atoms with van der Waals surface area (Å²) < 4.78 is 6.39. The number of thiophene rings is 1. The van der Waals surface area contributed by atoms with E-state index in [0.29, 0.717) is 40.2 Å². The molecule has 1 saturated heterocycles. The summed E-state index contributed by atoms with van der Waals surface area (Å²) in [5.41, 5.74) is 0.442. The molecule has 0 spiro atoms. The van der Waals surface area contributed by atoms with Gasteiger partial charge in [0, 0.05) is 13.1 Å². The molecule has 21 heavy (non-hydrogen) atoms. The number of carbonyl (C=O) groups is 2. The normalized spacial score (nSPS) is 16.2. The molecule has 1 aromatic rings. The Balaban J connectivity index is 1.82. The van der Waals surface area contributed by atoms with E-state index in [-0.39, 0.29) is 25.0 Å². The molecule has 0 aromatic carbocycles. The molecule has 1 aromatic heterocycles. The van der Waals surface area contributed by atoms with Gasteiger partial charge in [-0.1, -0.05) is 23.2 Å². The Bertz CT molecular complexity index is 526. The van der Waals surface area contributed by atoms with Crippen LogP contribution in [0.3, 0.4) is 0 Å². The van der Waals surface area contributed by atoms with Gasteiger partial charge < -0.3 is 14.7 Å². The lowest BCUT2D eigenvalue weighted by Crippen LogP contribution is -2.41. The average molecular weight is 352 g/mol. The van der Waals surface area contributed by atoms with Gasteiger partial charge in [0.2, 0.25) is 0 Å². The average Bonchev–Trinajstić information content (AvgIpc) is 2.77. The van der Waals surface area contributed by atoms with Crippen molar-refractivity contribution in [1.82, 2.24) is 4.90 Å². The molecule has 1 aliphatic rings. The van der Waals surface area contributed by atoms with E-state index in [1.165, 1.54) is 11.3 Å². The number of carboxylic acid groups (broad SMARTS) is 1. The monoisotopic (exact) mass is 351 g/mol. The van der Waals surface area contributed by atoms with Crippen molar-refractivity contribution < 1.29 is 19.4 Å². The van der Waals surface area contributed by atoms with Crippen LogP contribution in [0.4, 0.5) is 0 Å². The first-order valence-electron chi connectivity index (χ1n) is 6.55. The Morgan fingerprint density at radius 2 is 2.05 bits per heavy atom. The second-order valence-electron chi connectivity index (χ2n) is 4.74. The number of hydrogen-bond acceptors (Lipinski definition) is 4. The summed E-state index contributed by atoms with van der Waals surface area (Å²) in [5, 5.41) is 8.56. The highest BCUT2D eigenvalue weighted by Gasteiger charge is 2.26. The van der Waals surface area contributed by atoms with E-state index in [0.717, 1.165) is 0 Å². The van der Waals surface area contributed by atoms with Crippen molar-refractivity contribution in [3.05, 3.63) is 20.3 Å². The first-order chi connectivity index (χ1) is 9.97. The van der Waals surface area contributed by atoms with Crippen LogP contribution in [0.2, 0.25) is 8.67 Å². The summed E-state index contributed by atoms with van der Waals surface area (Å²) in [7, 11) is 0. The van der Waals surface area contributed by atoms with Gasteiger partial charge in [-0.05, 0) is 18.9 Å². The number of halogens is 2. The van der Waals surface area contributed by atoms with E-state index < -0.39 is 5.97 Å². The molecule has 0 atom stereocenters. The summed E-state index contributed by atoms with van der Waals surface area (Å²) in [6, 6.07) is 1.59. The molecule has 0 saturated carbocycles. The molecule has 8 heteroatoms. The zero-order chi connectivity index (χ0) is 15.4. The zero-order valence-electron chi connectivity index (χ0n) is 11.2. The highest BCUT2D eigenvalue weighted by molar-refractivity contribution is 7.20. The third kappa shape index (κ3) is 4.57. The largest absolute Gasteiger partial charge is 0.481 e. The van der Waals surface area contributed by atoms with E-state index in [1.807, 2.05) is 0 Å². The number of nitrogens with zero attached hydrogens (tertiary/aromatic N) is 1. The number of ether oxygens (including phenoxy) is 1.